The Kier molecular flexibility index (Phi) is 20.7. The van der Waals surface area contributed by atoms with Crippen molar-refractivity contribution in [2.75, 3.05) is 18.6 Å². The molecule has 403 valence electrons. The summed E-state index contributed by atoms with van der Waals surface area (Å²) in [7, 11) is 5.16. The molecule has 0 spiro atoms. The van der Waals surface area contributed by atoms with Crippen LogP contribution in [0.1, 0.15) is 130 Å². The Morgan fingerprint density at radius 3 is 1.57 bits per heavy atom. The standard InChI is InChI=1S/C20H23N4O2.2C18H26N4O2.Co/c1-5-23-18-9-7-6-8-17(18)20(2,3)19(23)14-21-22(4)15-10-12-16(13-11-15)24(25)26;2*1-6-8-13-16(17(24)22(5)21-13)20-19-14-11-12(9-10-15(14)23)18(3,4)7-2;/h6-14H,5H2,1-4H3;2*9-11,23-24H,6-8H2,1-5H3;/q+1;;;. The third-order valence-electron chi connectivity index (χ3n) is 13.8. The summed E-state index contributed by atoms with van der Waals surface area (Å²) in [6, 6.07) is 25.6. The predicted octanol–water partition coefficient (Wildman–Crippen LogP) is 13.9. The van der Waals surface area contributed by atoms with Crippen LogP contribution >= 0.6 is 0 Å². The maximum Gasteiger partial charge on any atom is 0.269 e. The van der Waals surface area contributed by atoms with Crippen LogP contribution in [-0.4, -0.2) is 75.0 Å². The molecule has 1 aliphatic heterocycles. The van der Waals surface area contributed by atoms with Crippen molar-refractivity contribution in [2.24, 2.45) is 39.7 Å². The number of hydrogen-bond donors (Lipinski definition) is 4. The number of azo groups is 2. The maximum atomic E-state index is 10.8. The number of nitro groups is 1. The zero-order chi connectivity index (χ0) is 54.7. The van der Waals surface area contributed by atoms with Crippen molar-refractivity contribution in [3.63, 3.8) is 0 Å². The number of benzene rings is 4. The Bertz CT molecular complexity index is 2920. The number of non-ortho nitro benzene ring substituents is 1. The van der Waals surface area contributed by atoms with E-state index in [0.29, 0.717) is 47.0 Å². The molecule has 0 saturated carbocycles. The number of nitrogens with zero attached hydrogens (tertiary/aromatic N) is 12. The Morgan fingerprint density at radius 2 is 1.16 bits per heavy atom. The van der Waals surface area contributed by atoms with Gasteiger partial charge in [-0.25, -0.2) is 9.36 Å². The molecule has 0 aliphatic carbocycles. The molecule has 0 bridgehead atoms. The number of anilines is 1. The van der Waals surface area contributed by atoms with E-state index in [0.717, 1.165) is 54.8 Å². The molecule has 0 atom stereocenters. The van der Waals surface area contributed by atoms with E-state index >= 15 is 0 Å². The van der Waals surface area contributed by atoms with Gasteiger partial charge in [-0.1, -0.05) is 98.6 Å². The predicted molar refractivity (Wildman–Crippen MR) is 294 cm³/mol. The number of aryl methyl sites for hydroxylation is 4. The number of aromatic nitrogens is 4. The average Bonchev–Trinajstić information content (AvgIpc) is 3.90. The van der Waals surface area contributed by atoms with Crippen molar-refractivity contribution < 1.29 is 46.7 Å². The minimum Gasteiger partial charge on any atom is -0.506 e. The number of hydrogen-bond acceptors (Lipinski definition) is 14. The molecule has 4 aromatic carbocycles. The molecule has 1 radical (unpaired) electrons. The van der Waals surface area contributed by atoms with E-state index in [1.165, 1.54) is 32.7 Å². The Hall–Kier alpha value is -7.25. The number of phenols is 2. The van der Waals surface area contributed by atoms with Gasteiger partial charge in [0.2, 0.25) is 23.2 Å². The van der Waals surface area contributed by atoms with Crippen molar-refractivity contribution in [3.8, 4) is 23.3 Å². The van der Waals surface area contributed by atoms with E-state index in [-0.39, 0.29) is 62.0 Å². The van der Waals surface area contributed by atoms with Crippen LogP contribution in [0.4, 0.5) is 39.8 Å². The Balaban J connectivity index is 0.000000242. The van der Waals surface area contributed by atoms with Crippen molar-refractivity contribution in [1.82, 2.24) is 19.6 Å². The van der Waals surface area contributed by atoms with Gasteiger partial charge < -0.3 is 20.4 Å². The second-order valence-corrected chi connectivity index (χ2v) is 20.1. The maximum absolute atomic E-state index is 10.8. The fourth-order valence-corrected chi connectivity index (χ4v) is 8.21. The van der Waals surface area contributed by atoms with Gasteiger partial charge in [-0.3, -0.25) is 15.1 Å². The van der Waals surface area contributed by atoms with Crippen LogP contribution in [0.25, 0.3) is 0 Å². The van der Waals surface area contributed by atoms with Gasteiger partial charge in [0.05, 0.1) is 27.4 Å². The Morgan fingerprint density at radius 1 is 0.707 bits per heavy atom. The van der Waals surface area contributed by atoms with Crippen LogP contribution in [0.15, 0.2) is 110 Å². The molecule has 75 heavy (non-hydrogen) atoms. The molecule has 4 N–H and O–H groups in total. The van der Waals surface area contributed by atoms with E-state index in [4.69, 9.17) is 0 Å². The number of aromatic hydroxyl groups is 4. The molecule has 7 rings (SSSR count). The summed E-state index contributed by atoms with van der Waals surface area (Å²) in [6.45, 7) is 24.3. The zero-order valence-electron chi connectivity index (χ0n) is 45.9. The summed E-state index contributed by atoms with van der Waals surface area (Å²) in [5.74, 6) is 0.0862. The average molecular weight is 1070 g/mol. The molecule has 0 amide bonds. The monoisotopic (exact) mass is 1070 g/mol. The zero-order valence-corrected chi connectivity index (χ0v) is 47.0. The Labute approximate surface area is 451 Å². The summed E-state index contributed by atoms with van der Waals surface area (Å²) in [5, 5.41) is 82.6. The quantitative estimate of drug-likeness (QED) is 0.0224. The van der Waals surface area contributed by atoms with Crippen molar-refractivity contribution in [3.05, 3.63) is 123 Å². The number of rotatable bonds is 17. The minimum atomic E-state index is -0.402. The van der Waals surface area contributed by atoms with Crippen LogP contribution < -0.4 is 5.01 Å². The molecule has 1 aliphatic rings. The van der Waals surface area contributed by atoms with E-state index < -0.39 is 4.92 Å². The molecule has 2 aromatic heterocycles. The van der Waals surface area contributed by atoms with E-state index in [1.807, 2.05) is 51.4 Å². The largest absolute Gasteiger partial charge is 0.506 e. The van der Waals surface area contributed by atoms with Crippen LogP contribution in [0, 0.1) is 10.1 Å². The van der Waals surface area contributed by atoms with Gasteiger partial charge in [-0.15, -0.1) is 20.5 Å². The van der Waals surface area contributed by atoms with Crippen LogP contribution in [0.5, 0.6) is 23.3 Å². The molecule has 18 nitrogen and oxygen atoms in total. The molecule has 0 unspecified atom stereocenters. The van der Waals surface area contributed by atoms with Crippen LogP contribution in [0.3, 0.4) is 0 Å². The smallest absolute Gasteiger partial charge is 0.269 e. The number of nitro benzene ring substituents is 1. The molecular weight excluding hydrogens is 996 g/mol. The van der Waals surface area contributed by atoms with E-state index in [1.54, 1.807) is 43.4 Å². The normalized spacial score (nSPS) is 13.1. The molecule has 6 aromatic rings. The summed E-state index contributed by atoms with van der Waals surface area (Å²) in [5.41, 5.74) is 9.43. The number of phenolic OH excluding ortho intramolecular Hbond substituents is 2. The van der Waals surface area contributed by atoms with Gasteiger partial charge in [0.1, 0.15) is 35.6 Å². The summed E-state index contributed by atoms with van der Waals surface area (Å²) in [6.07, 6.45) is 7.03. The second kappa shape index (κ2) is 25.8. The third-order valence-corrected chi connectivity index (χ3v) is 13.8. The second-order valence-electron chi connectivity index (χ2n) is 20.1. The van der Waals surface area contributed by atoms with Gasteiger partial charge in [-0.2, -0.15) is 19.9 Å². The number of fused-ring (bicyclic) bond motifs is 1. The fourth-order valence-electron chi connectivity index (χ4n) is 8.21. The first-order valence-electron chi connectivity index (χ1n) is 25.2. The van der Waals surface area contributed by atoms with Crippen LogP contribution in [-0.2, 0) is 60.0 Å². The summed E-state index contributed by atoms with van der Waals surface area (Å²) >= 11 is 0. The third kappa shape index (κ3) is 14.1. The van der Waals surface area contributed by atoms with E-state index in [9.17, 15) is 30.5 Å². The van der Waals surface area contributed by atoms with E-state index in [2.05, 4.69) is 127 Å². The fraction of sp³-hybridized carbons (Fsp3) is 0.429. The summed E-state index contributed by atoms with van der Waals surface area (Å²) < 4.78 is 5.05. The van der Waals surface area contributed by atoms with Crippen molar-refractivity contribution >= 4 is 51.7 Å². The number of para-hydroxylation sites is 1. The first kappa shape index (κ1) is 60.3. The molecule has 19 heteroatoms. The SMILES string of the molecule is CCCc1nn(C)c(O)c1N=Nc1cc(C(C)(C)CC)ccc1O.CCCc1nn(C)c(O)c1N=Nc1cc(C(C)(C)CC)ccc1O.CC[N+]1=C(/C=N/N(C)c2ccc([N+](=O)[O-])cc2)C(C)(C)c2ccccc21.[Co]. The molecule has 0 fully saturated rings. The molecule has 3 heterocycles. The topological polar surface area (TPSA) is 228 Å². The summed E-state index contributed by atoms with van der Waals surface area (Å²) in [4.78, 5) is 10.4. The van der Waals surface area contributed by atoms with Crippen molar-refractivity contribution in [1.29, 1.82) is 0 Å². The first-order chi connectivity index (χ1) is 34.9. The van der Waals surface area contributed by atoms with Gasteiger partial charge in [-0.05, 0) is 105 Å². The van der Waals surface area contributed by atoms with Gasteiger partial charge in [0, 0.05) is 61.7 Å². The van der Waals surface area contributed by atoms with Gasteiger partial charge in [0.15, 0.2) is 11.4 Å². The van der Waals surface area contributed by atoms with Gasteiger partial charge in [0.25, 0.3) is 5.69 Å². The van der Waals surface area contributed by atoms with Crippen molar-refractivity contribution in [2.45, 2.75) is 131 Å². The van der Waals surface area contributed by atoms with Crippen LogP contribution in [0.2, 0.25) is 0 Å². The minimum absolute atomic E-state index is 0. The van der Waals surface area contributed by atoms with Gasteiger partial charge >= 0.3 is 0 Å². The first-order valence-corrected chi connectivity index (χ1v) is 25.2. The number of hydrazone groups is 1. The molecule has 0 saturated heterocycles. The molecular formula is C56H75CoN12O6+.